The van der Waals surface area contributed by atoms with Crippen molar-refractivity contribution in [1.29, 1.82) is 0 Å². The number of hydrogen-bond donors (Lipinski definition) is 0. The minimum atomic E-state index is 0.00974. The summed E-state index contributed by atoms with van der Waals surface area (Å²) in [5.41, 5.74) is 14.7. The Labute approximate surface area is 310 Å². The van der Waals surface area contributed by atoms with Crippen molar-refractivity contribution in [2.75, 3.05) is 11.9 Å². The molecule has 4 atom stereocenters. The van der Waals surface area contributed by atoms with Crippen molar-refractivity contribution in [3.05, 3.63) is 204 Å². The van der Waals surface area contributed by atoms with Crippen LogP contribution in [-0.2, 0) is 0 Å². The number of likely N-dealkylation sites (N-methyl/N-ethyl adjacent to an activating group) is 1. The molecule has 6 aromatic rings. The first kappa shape index (κ1) is 30.3. The fourth-order valence-electron chi connectivity index (χ4n) is 9.04. The molecule has 0 radical (unpaired) electrons. The summed E-state index contributed by atoms with van der Waals surface area (Å²) >= 11 is 0. The van der Waals surface area contributed by atoms with E-state index in [1.807, 2.05) is 0 Å². The highest BCUT2D eigenvalue weighted by Crippen LogP contribution is 2.59. The van der Waals surface area contributed by atoms with Gasteiger partial charge < -0.3 is 14.5 Å². The van der Waals surface area contributed by atoms with Gasteiger partial charge in [-0.25, -0.2) is 0 Å². The van der Waals surface area contributed by atoms with Crippen LogP contribution in [-0.4, -0.2) is 22.0 Å². The molecule has 0 spiro atoms. The summed E-state index contributed by atoms with van der Waals surface area (Å²) in [6.07, 6.45) is 9.21. The van der Waals surface area contributed by atoms with Crippen LogP contribution in [0.4, 0.5) is 5.69 Å². The number of hydrazine groups is 1. The third-order valence-corrected chi connectivity index (χ3v) is 11.5. The smallest absolute Gasteiger partial charge is 0.151 e. The lowest BCUT2D eigenvalue weighted by molar-refractivity contribution is 0.348. The zero-order valence-corrected chi connectivity index (χ0v) is 29.5. The highest BCUT2D eigenvalue weighted by molar-refractivity contribution is 5.79. The van der Waals surface area contributed by atoms with Gasteiger partial charge in [0.2, 0.25) is 0 Å². The topological polar surface area (TPSA) is 21.7 Å². The number of allylic oxidation sites excluding steroid dienone is 3. The van der Waals surface area contributed by atoms with Gasteiger partial charge in [-0.15, -0.1) is 0 Å². The van der Waals surface area contributed by atoms with Crippen LogP contribution < -0.4 is 9.64 Å². The maximum absolute atomic E-state index is 7.00. The molecule has 11 rings (SSSR count). The van der Waals surface area contributed by atoms with E-state index in [1.54, 1.807) is 0 Å². The molecule has 6 aromatic carbocycles. The average molecular weight is 687 g/mol. The van der Waals surface area contributed by atoms with Crippen molar-refractivity contribution >= 4 is 11.4 Å². The second-order valence-corrected chi connectivity index (χ2v) is 14.5. The maximum atomic E-state index is 7.00. The molecule has 0 aromatic heterocycles. The number of fused-ring (bicyclic) bond motifs is 7. The highest BCUT2D eigenvalue weighted by Gasteiger charge is 2.56. The van der Waals surface area contributed by atoms with Crippen LogP contribution in [0.3, 0.4) is 0 Å². The van der Waals surface area contributed by atoms with E-state index in [1.165, 1.54) is 50.5 Å². The first-order valence-corrected chi connectivity index (χ1v) is 18.6. The number of ether oxygens (including phenoxy) is 1. The van der Waals surface area contributed by atoms with Gasteiger partial charge in [-0.05, 0) is 82.6 Å². The monoisotopic (exact) mass is 686 g/mol. The zero-order valence-electron chi connectivity index (χ0n) is 29.5. The quantitative estimate of drug-likeness (QED) is 0.168. The summed E-state index contributed by atoms with van der Waals surface area (Å²) in [6, 6.07) is 54.9. The molecule has 5 heteroatoms. The molecule has 5 aliphatic rings. The van der Waals surface area contributed by atoms with Crippen LogP contribution in [0.25, 0.3) is 28.0 Å². The first-order valence-electron chi connectivity index (χ1n) is 18.6. The van der Waals surface area contributed by atoms with Gasteiger partial charge in [0.05, 0.1) is 23.1 Å². The first-order chi connectivity index (χ1) is 26.2. The Kier molecular flexibility index (Phi) is 6.80. The molecule has 0 saturated carbocycles. The van der Waals surface area contributed by atoms with E-state index in [4.69, 9.17) is 4.74 Å². The molecule has 1 aliphatic carbocycles. The predicted octanol–water partition coefficient (Wildman–Crippen LogP) is 11.5. The number of rotatable bonds is 5. The third kappa shape index (κ3) is 4.74. The molecule has 4 heterocycles. The summed E-state index contributed by atoms with van der Waals surface area (Å²) < 4.78 is 7.00. The Bertz CT molecular complexity index is 2500. The van der Waals surface area contributed by atoms with Gasteiger partial charge in [0, 0.05) is 23.9 Å². The van der Waals surface area contributed by atoms with Gasteiger partial charge in [0.1, 0.15) is 18.1 Å². The molecule has 5 nitrogen and oxygen atoms in total. The Morgan fingerprint density at radius 1 is 0.623 bits per heavy atom. The predicted molar refractivity (Wildman–Crippen MR) is 212 cm³/mol. The van der Waals surface area contributed by atoms with E-state index >= 15 is 0 Å². The molecule has 4 aliphatic heterocycles. The largest absolute Gasteiger partial charge is 0.454 e. The fourth-order valence-corrected chi connectivity index (χ4v) is 9.04. The second-order valence-electron chi connectivity index (χ2n) is 14.5. The molecule has 1 fully saturated rings. The summed E-state index contributed by atoms with van der Waals surface area (Å²) in [5.74, 6) is 1.82. The SMILES string of the molecule is CN1C2=C(CCC=C2)N2c3ccccc3Oc3c(-c4cccc(C5N6C(c7ccccc7)=CC(c7cccc(-c8ccccc8)c7)N56)c4)cccc3C12. The van der Waals surface area contributed by atoms with Crippen molar-refractivity contribution in [3.8, 4) is 33.8 Å². The molecule has 256 valence electrons. The van der Waals surface area contributed by atoms with Crippen molar-refractivity contribution in [2.24, 2.45) is 0 Å². The fraction of sp³-hybridized carbons (Fsp3) is 0.125. The van der Waals surface area contributed by atoms with Crippen LogP contribution >= 0.6 is 0 Å². The van der Waals surface area contributed by atoms with Gasteiger partial charge in [-0.3, -0.25) is 5.01 Å². The van der Waals surface area contributed by atoms with Crippen molar-refractivity contribution in [2.45, 2.75) is 31.2 Å². The van der Waals surface area contributed by atoms with Crippen LogP contribution in [0.15, 0.2) is 181 Å². The summed E-state index contributed by atoms with van der Waals surface area (Å²) in [4.78, 5) is 4.93. The van der Waals surface area contributed by atoms with E-state index in [9.17, 15) is 0 Å². The highest BCUT2D eigenvalue weighted by atomic mass is 16.5. The third-order valence-electron chi connectivity index (χ3n) is 11.5. The van der Waals surface area contributed by atoms with Gasteiger partial charge in [0.15, 0.2) is 5.75 Å². The maximum Gasteiger partial charge on any atom is 0.151 e. The lowest BCUT2D eigenvalue weighted by Crippen LogP contribution is -2.30. The minimum absolute atomic E-state index is 0.00974. The van der Waals surface area contributed by atoms with E-state index in [2.05, 4.69) is 197 Å². The average Bonchev–Trinajstić information content (AvgIpc) is 3.77. The summed E-state index contributed by atoms with van der Waals surface area (Å²) in [5, 5.41) is 5.00. The lowest BCUT2D eigenvalue weighted by atomic mass is 9.96. The number of anilines is 1. The minimum Gasteiger partial charge on any atom is -0.454 e. The molecule has 1 saturated heterocycles. The summed E-state index contributed by atoms with van der Waals surface area (Å²) in [7, 11) is 2.22. The van der Waals surface area contributed by atoms with Crippen molar-refractivity contribution < 1.29 is 4.74 Å². The molecular weight excluding hydrogens is 649 g/mol. The summed E-state index contributed by atoms with van der Waals surface area (Å²) in [6.45, 7) is 0. The number of para-hydroxylation sites is 3. The standard InChI is InChI=1S/C48H38N4O/c1-49-40-25-8-9-26-41(40)50-42-27-10-11-28-45(42)53-46-38(23-14-24-39(46)48(49)50)35-20-13-22-37(30-35)47-51-43(33-17-6-3-7-18-33)31-44(52(47)51)36-21-12-19-34(29-36)32-15-4-2-5-16-32/h2-8,10-25,27-31,44,47-48H,9,26H2,1H3. The normalized spacial score (nSPS) is 21.9. The van der Waals surface area contributed by atoms with Crippen LogP contribution in [0, 0.1) is 0 Å². The van der Waals surface area contributed by atoms with E-state index in [0.29, 0.717) is 0 Å². The Balaban J connectivity index is 0.992. The lowest BCUT2D eigenvalue weighted by Gasteiger charge is -2.32. The molecule has 0 N–H and O–H groups in total. The van der Waals surface area contributed by atoms with Gasteiger partial charge in [0.25, 0.3) is 0 Å². The van der Waals surface area contributed by atoms with Gasteiger partial charge >= 0.3 is 0 Å². The van der Waals surface area contributed by atoms with Crippen molar-refractivity contribution in [3.63, 3.8) is 0 Å². The number of benzene rings is 6. The molecule has 0 amide bonds. The van der Waals surface area contributed by atoms with Gasteiger partial charge in [-0.2, -0.15) is 5.01 Å². The number of hydrogen-bond acceptors (Lipinski definition) is 5. The Morgan fingerprint density at radius 3 is 2.17 bits per heavy atom. The second kappa shape index (κ2) is 11.9. The van der Waals surface area contributed by atoms with Crippen LogP contribution in [0.1, 0.15) is 53.5 Å². The van der Waals surface area contributed by atoms with Gasteiger partial charge in [-0.1, -0.05) is 133 Å². The van der Waals surface area contributed by atoms with Crippen molar-refractivity contribution in [1.82, 2.24) is 14.9 Å². The molecular formula is C48H38N4O. The molecule has 4 unspecified atom stereocenters. The van der Waals surface area contributed by atoms with E-state index < -0.39 is 0 Å². The Morgan fingerprint density at radius 2 is 1.32 bits per heavy atom. The zero-order chi connectivity index (χ0) is 35.0. The van der Waals surface area contributed by atoms with E-state index in [-0.39, 0.29) is 18.4 Å². The number of nitrogens with zero attached hydrogens (tertiary/aromatic N) is 4. The van der Waals surface area contributed by atoms with Crippen LogP contribution in [0.2, 0.25) is 0 Å². The molecule has 53 heavy (non-hydrogen) atoms. The molecule has 0 bridgehead atoms. The van der Waals surface area contributed by atoms with E-state index in [0.717, 1.165) is 41.2 Å². The Hall–Kier alpha value is -6.30. The van der Waals surface area contributed by atoms with Crippen LogP contribution in [0.5, 0.6) is 11.5 Å².